The monoisotopic (exact) mass is 481 g/mol. The van der Waals surface area contributed by atoms with E-state index in [0.29, 0.717) is 30.9 Å². The highest BCUT2D eigenvalue weighted by molar-refractivity contribution is 5.87. The number of oxazole rings is 1. The number of likely N-dealkylation sites (N-methyl/N-ethyl adjacent to an activating group) is 1. The summed E-state index contributed by atoms with van der Waals surface area (Å²) in [5.41, 5.74) is 3.11. The Bertz CT molecular complexity index is 1280. The van der Waals surface area contributed by atoms with Gasteiger partial charge < -0.3 is 14.6 Å². The van der Waals surface area contributed by atoms with Crippen LogP contribution in [-0.2, 0) is 17.4 Å². The quantitative estimate of drug-likeness (QED) is 0.331. The van der Waals surface area contributed by atoms with Crippen LogP contribution in [0.5, 0.6) is 0 Å². The Kier molecular flexibility index (Phi) is 7.10. The number of aromatic nitrogens is 1. The highest BCUT2D eigenvalue weighted by Gasteiger charge is 2.30. The fraction of sp³-hybridized carbons (Fsp3) is 0.259. The molecule has 0 aliphatic carbocycles. The molecule has 0 radical (unpaired) electrons. The number of alkyl halides is 3. The van der Waals surface area contributed by atoms with Crippen molar-refractivity contribution in [2.24, 2.45) is 0 Å². The lowest BCUT2D eigenvalue weighted by Gasteiger charge is -2.33. The van der Waals surface area contributed by atoms with Crippen molar-refractivity contribution in [3.05, 3.63) is 95.4 Å². The summed E-state index contributed by atoms with van der Waals surface area (Å²) in [5.74, 6) is 0.386. The molecule has 1 atom stereocenters. The first kappa shape index (κ1) is 24.3. The zero-order valence-electron chi connectivity index (χ0n) is 19.5. The highest BCUT2D eigenvalue weighted by Crippen LogP contribution is 2.32. The fourth-order valence-corrected chi connectivity index (χ4v) is 4.17. The van der Waals surface area contributed by atoms with Crippen molar-refractivity contribution in [3.63, 3.8) is 0 Å². The number of aryl methyl sites for hydroxylation is 2. The summed E-state index contributed by atoms with van der Waals surface area (Å²) in [6.07, 6.45) is -3.17. The molecule has 4 rings (SSSR count). The average molecular weight is 482 g/mol. The lowest BCUT2D eigenvalue weighted by Crippen LogP contribution is -2.40. The van der Waals surface area contributed by atoms with Crippen LogP contribution in [0.3, 0.4) is 0 Å². The van der Waals surface area contributed by atoms with Gasteiger partial charge in [-0.1, -0.05) is 42.5 Å². The Morgan fingerprint density at radius 1 is 1.06 bits per heavy atom. The van der Waals surface area contributed by atoms with Crippen LogP contribution in [0.25, 0.3) is 11.1 Å². The van der Waals surface area contributed by atoms with Gasteiger partial charge in [-0.3, -0.25) is 4.79 Å². The van der Waals surface area contributed by atoms with E-state index < -0.39 is 17.8 Å². The van der Waals surface area contributed by atoms with Crippen LogP contribution in [0.2, 0.25) is 0 Å². The summed E-state index contributed by atoms with van der Waals surface area (Å²) in [6.45, 7) is 2.27. The van der Waals surface area contributed by atoms with Crippen molar-refractivity contribution in [2.45, 2.75) is 32.0 Å². The van der Waals surface area contributed by atoms with Gasteiger partial charge in [0.2, 0.25) is 5.91 Å². The molecule has 3 aromatic carbocycles. The first-order valence-corrected chi connectivity index (χ1v) is 11.3. The van der Waals surface area contributed by atoms with Gasteiger partial charge in [-0.2, -0.15) is 13.2 Å². The first-order chi connectivity index (χ1) is 16.8. The lowest BCUT2D eigenvalue weighted by atomic mass is 10.0. The van der Waals surface area contributed by atoms with Gasteiger partial charge in [-0.25, -0.2) is 4.98 Å². The van der Waals surface area contributed by atoms with Crippen LogP contribution in [0.15, 0.2) is 77.2 Å². The molecule has 1 heterocycles. The molecule has 1 amide bonds. The molecule has 35 heavy (non-hydrogen) atoms. The molecule has 4 aromatic rings. The molecular weight excluding hydrogens is 455 g/mol. The van der Waals surface area contributed by atoms with Crippen molar-refractivity contribution >= 4 is 22.7 Å². The number of amides is 1. The van der Waals surface area contributed by atoms with E-state index in [1.54, 1.807) is 14.0 Å². The Labute approximate surface area is 201 Å². The van der Waals surface area contributed by atoms with Crippen molar-refractivity contribution in [1.82, 2.24) is 10.3 Å². The maximum atomic E-state index is 13.1. The number of fused-ring (bicyclic) bond motifs is 1. The van der Waals surface area contributed by atoms with E-state index in [1.165, 1.54) is 12.1 Å². The van der Waals surface area contributed by atoms with E-state index in [9.17, 15) is 18.0 Å². The minimum atomic E-state index is -4.36. The minimum absolute atomic E-state index is 0.167. The molecule has 8 heteroatoms. The van der Waals surface area contributed by atoms with Gasteiger partial charge in [0.1, 0.15) is 11.6 Å². The predicted molar refractivity (Wildman–Crippen MR) is 129 cm³/mol. The Morgan fingerprint density at radius 3 is 2.43 bits per heavy atom. The van der Waals surface area contributed by atoms with Crippen LogP contribution in [0.1, 0.15) is 35.0 Å². The van der Waals surface area contributed by atoms with Gasteiger partial charge in [-0.15, -0.1) is 0 Å². The normalized spacial score (nSPS) is 12.5. The number of rotatable bonds is 8. The highest BCUT2D eigenvalue weighted by atomic mass is 19.4. The predicted octanol–water partition coefficient (Wildman–Crippen LogP) is 6.08. The summed E-state index contributed by atoms with van der Waals surface area (Å²) < 4.78 is 44.4. The number of nitrogens with zero attached hydrogens (tertiary/aromatic N) is 2. The van der Waals surface area contributed by atoms with Gasteiger partial charge in [0.05, 0.1) is 5.56 Å². The molecule has 0 fully saturated rings. The maximum absolute atomic E-state index is 13.1. The third kappa shape index (κ3) is 5.65. The van der Waals surface area contributed by atoms with Gasteiger partial charge in [-0.05, 0) is 48.2 Å². The molecule has 1 N–H and O–H groups in total. The van der Waals surface area contributed by atoms with Crippen molar-refractivity contribution in [3.8, 4) is 0 Å². The third-order valence-electron chi connectivity index (χ3n) is 5.88. The van der Waals surface area contributed by atoms with E-state index in [2.05, 4.69) is 10.3 Å². The molecule has 182 valence electrons. The van der Waals surface area contributed by atoms with E-state index in [4.69, 9.17) is 4.42 Å². The maximum Gasteiger partial charge on any atom is 0.416 e. The standard InChI is InChI=1S/C27H26F3N3O2/c1-18-32-23-15-14-22(17-24(23)35-18)33(25(26(34)31-2)20-8-4-3-5-9-20)16-6-7-19-10-12-21(13-11-19)27(28,29)30/h3-5,8-15,17,25H,6-7,16H2,1-2H3,(H,31,34). The topological polar surface area (TPSA) is 58.4 Å². The molecule has 0 spiro atoms. The van der Waals surface area contributed by atoms with Crippen LogP contribution in [0.4, 0.5) is 18.9 Å². The molecule has 0 bridgehead atoms. The molecule has 0 saturated heterocycles. The smallest absolute Gasteiger partial charge is 0.416 e. The number of hydrogen-bond acceptors (Lipinski definition) is 4. The average Bonchev–Trinajstić information content (AvgIpc) is 3.22. The summed E-state index contributed by atoms with van der Waals surface area (Å²) >= 11 is 0. The number of carbonyl (C=O) groups excluding carboxylic acids is 1. The molecule has 5 nitrogen and oxygen atoms in total. The zero-order chi connectivity index (χ0) is 25.0. The number of hydrogen-bond donors (Lipinski definition) is 1. The van der Waals surface area contributed by atoms with E-state index in [-0.39, 0.29) is 5.91 Å². The molecular formula is C27H26F3N3O2. The van der Waals surface area contributed by atoms with E-state index in [0.717, 1.165) is 34.5 Å². The van der Waals surface area contributed by atoms with Crippen LogP contribution < -0.4 is 10.2 Å². The summed E-state index contributed by atoms with van der Waals surface area (Å²) in [4.78, 5) is 19.4. The van der Waals surface area contributed by atoms with Gasteiger partial charge >= 0.3 is 6.18 Å². The van der Waals surface area contributed by atoms with Crippen molar-refractivity contribution < 1.29 is 22.4 Å². The largest absolute Gasteiger partial charge is 0.441 e. The number of benzene rings is 3. The second-order valence-electron chi connectivity index (χ2n) is 8.30. The summed E-state index contributed by atoms with van der Waals surface area (Å²) in [6, 6.07) is 19.7. The molecule has 1 unspecified atom stereocenters. The van der Waals surface area contributed by atoms with Crippen LogP contribution >= 0.6 is 0 Å². The Hall–Kier alpha value is -3.81. The Balaban J connectivity index is 1.63. The van der Waals surface area contributed by atoms with Crippen molar-refractivity contribution in [2.75, 3.05) is 18.5 Å². The second-order valence-corrected chi connectivity index (χ2v) is 8.30. The molecule has 1 aromatic heterocycles. The molecule has 0 aliphatic heterocycles. The van der Waals surface area contributed by atoms with Gasteiger partial charge in [0, 0.05) is 32.3 Å². The van der Waals surface area contributed by atoms with E-state index in [1.807, 2.05) is 53.4 Å². The third-order valence-corrected chi connectivity index (χ3v) is 5.88. The SMILES string of the molecule is CNC(=O)C(c1ccccc1)N(CCCc1ccc(C(F)(F)F)cc1)c1ccc2nc(C)oc2c1. The number of halogens is 3. The van der Waals surface area contributed by atoms with Crippen LogP contribution in [0, 0.1) is 6.92 Å². The minimum Gasteiger partial charge on any atom is -0.441 e. The van der Waals surface area contributed by atoms with Gasteiger partial charge in [0.15, 0.2) is 11.5 Å². The van der Waals surface area contributed by atoms with Crippen LogP contribution in [-0.4, -0.2) is 24.5 Å². The molecule has 0 saturated carbocycles. The Morgan fingerprint density at radius 2 is 1.77 bits per heavy atom. The number of carbonyl (C=O) groups is 1. The van der Waals surface area contributed by atoms with Crippen molar-refractivity contribution in [1.29, 1.82) is 0 Å². The summed E-state index contributed by atoms with van der Waals surface area (Å²) in [7, 11) is 1.60. The fourth-order valence-electron chi connectivity index (χ4n) is 4.17. The summed E-state index contributed by atoms with van der Waals surface area (Å²) in [5, 5.41) is 2.76. The lowest BCUT2D eigenvalue weighted by molar-refractivity contribution is -0.137. The first-order valence-electron chi connectivity index (χ1n) is 11.3. The molecule has 0 aliphatic rings. The van der Waals surface area contributed by atoms with E-state index >= 15 is 0 Å². The van der Waals surface area contributed by atoms with Gasteiger partial charge in [0.25, 0.3) is 0 Å². The number of nitrogens with one attached hydrogen (secondary N) is 1. The zero-order valence-corrected chi connectivity index (χ0v) is 19.5. The second kappa shape index (κ2) is 10.2. The number of anilines is 1.